The summed E-state index contributed by atoms with van der Waals surface area (Å²) in [6, 6.07) is 1.81. The normalized spacial score (nSPS) is 16.7. The smallest absolute Gasteiger partial charge is 0.318 e. The van der Waals surface area contributed by atoms with E-state index in [9.17, 15) is 4.79 Å². The lowest BCUT2D eigenvalue weighted by Gasteiger charge is -2.15. The van der Waals surface area contributed by atoms with Crippen LogP contribution in [-0.2, 0) is 14.9 Å². The highest BCUT2D eigenvalue weighted by molar-refractivity contribution is 9.10. The summed E-state index contributed by atoms with van der Waals surface area (Å²) in [6.45, 7) is 0. The zero-order valence-corrected chi connectivity index (χ0v) is 10.7. The lowest BCUT2D eigenvalue weighted by molar-refractivity contribution is -0.143. The van der Waals surface area contributed by atoms with Gasteiger partial charge in [0.2, 0.25) is 0 Å². The molecule has 5 heteroatoms. The average Bonchev–Trinajstić information content (AvgIpc) is 3.09. The largest absolute Gasteiger partial charge is 0.495 e. The Morgan fingerprint density at radius 3 is 2.69 bits per heavy atom. The van der Waals surface area contributed by atoms with Gasteiger partial charge in [0.05, 0.1) is 19.9 Å². The summed E-state index contributed by atoms with van der Waals surface area (Å²) in [5, 5.41) is 0. The second kappa shape index (κ2) is 4.05. The fourth-order valence-electron chi connectivity index (χ4n) is 1.79. The van der Waals surface area contributed by atoms with Gasteiger partial charge >= 0.3 is 5.97 Å². The Labute approximate surface area is 102 Å². The summed E-state index contributed by atoms with van der Waals surface area (Å²) < 4.78 is 10.9. The molecule has 0 aromatic carbocycles. The van der Waals surface area contributed by atoms with Crippen molar-refractivity contribution in [2.75, 3.05) is 14.2 Å². The predicted molar refractivity (Wildman–Crippen MR) is 61.4 cm³/mol. The molecule has 0 atom stereocenters. The monoisotopic (exact) mass is 285 g/mol. The van der Waals surface area contributed by atoms with Gasteiger partial charge in [-0.25, -0.2) is 0 Å². The molecule has 1 aliphatic rings. The Morgan fingerprint density at radius 2 is 2.19 bits per heavy atom. The molecule has 0 bridgehead atoms. The maximum Gasteiger partial charge on any atom is 0.318 e. The summed E-state index contributed by atoms with van der Waals surface area (Å²) in [7, 11) is 2.97. The Bertz CT molecular complexity index is 429. The highest BCUT2D eigenvalue weighted by Crippen LogP contribution is 2.51. The maximum atomic E-state index is 11.7. The SMILES string of the molecule is COC(=O)C1(c2ncc(Br)cc2OC)CC1. The summed E-state index contributed by atoms with van der Waals surface area (Å²) >= 11 is 3.32. The molecule has 0 unspecified atom stereocenters. The molecule has 0 spiro atoms. The van der Waals surface area contributed by atoms with Gasteiger partial charge in [0.1, 0.15) is 11.2 Å². The van der Waals surface area contributed by atoms with Gasteiger partial charge in [-0.1, -0.05) is 0 Å². The molecule has 4 nitrogen and oxygen atoms in total. The first-order valence-corrected chi connectivity index (χ1v) is 5.72. The first-order chi connectivity index (χ1) is 7.64. The summed E-state index contributed by atoms with van der Waals surface area (Å²) in [5.41, 5.74) is 0.0888. The van der Waals surface area contributed by atoms with Crippen LogP contribution in [0.5, 0.6) is 5.75 Å². The van der Waals surface area contributed by atoms with Gasteiger partial charge in [-0.2, -0.15) is 0 Å². The van der Waals surface area contributed by atoms with E-state index < -0.39 is 5.41 Å². The van der Waals surface area contributed by atoms with E-state index in [0.717, 1.165) is 17.3 Å². The number of hydrogen-bond acceptors (Lipinski definition) is 4. The van der Waals surface area contributed by atoms with Crippen LogP contribution in [0.3, 0.4) is 0 Å². The molecule has 1 heterocycles. The van der Waals surface area contributed by atoms with E-state index in [0.29, 0.717) is 11.4 Å². The van der Waals surface area contributed by atoms with E-state index in [1.165, 1.54) is 7.11 Å². The summed E-state index contributed by atoms with van der Waals surface area (Å²) in [5.74, 6) is 0.387. The minimum Gasteiger partial charge on any atom is -0.495 e. The van der Waals surface area contributed by atoms with Crippen LogP contribution in [0.15, 0.2) is 16.7 Å². The molecule has 16 heavy (non-hydrogen) atoms. The van der Waals surface area contributed by atoms with Gasteiger partial charge < -0.3 is 9.47 Å². The Hall–Kier alpha value is -1.10. The maximum absolute atomic E-state index is 11.7. The van der Waals surface area contributed by atoms with E-state index in [4.69, 9.17) is 9.47 Å². The molecule has 1 saturated carbocycles. The molecular formula is C11H12BrNO3. The summed E-state index contributed by atoms with van der Waals surface area (Å²) in [6.07, 6.45) is 3.20. The van der Waals surface area contributed by atoms with Crippen molar-refractivity contribution >= 4 is 21.9 Å². The van der Waals surface area contributed by atoms with Crippen LogP contribution in [0.25, 0.3) is 0 Å². The fourth-order valence-corrected chi connectivity index (χ4v) is 2.10. The topological polar surface area (TPSA) is 48.4 Å². The van der Waals surface area contributed by atoms with Crippen molar-refractivity contribution in [3.8, 4) is 5.75 Å². The average molecular weight is 286 g/mol. The lowest BCUT2D eigenvalue weighted by Crippen LogP contribution is -2.23. The number of ether oxygens (including phenoxy) is 2. The van der Waals surface area contributed by atoms with Crippen molar-refractivity contribution < 1.29 is 14.3 Å². The third kappa shape index (κ3) is 1.69. The van der Waals surface area contributed by atoms with Gasteiger partial charge in [0.25, 0.3) is 0 Å². The Morgan fingerprint density at radius 1 is 1.50 bits per heavy atom. The number of nitrogens with zero attached hydrogens (tertiary/aromatic N) is 1. The van der Waals surface area contributed by atoms with Crippen molar-refractivity contribution in [1.29, 1.82) is 0 Å². The third-order valence-electron chi connectivity index (χ3n) is 2.82. The van der Waals surface area contributed by atoms with Crippen molar-refractivity contribution in [1.82, 2.24) is 4.98 Å². The quantitative estimate of drug-likeness (QED) is 0.798. The van der Waals surface area contributed by atoms with E-state index in [1.54, 1.807) is 13.3 Å². The molecule has 1 aromatic rings. The second-order valence-electron chi connectivity index (χ2n) is 3.78. The van der Waals surface area contributed by atoms with Crippen LogP contribution in [-0.4, -0.2) is 25.2 Å². The number of carbonyl (C=O) groups is 1. The number of pyridine rings is 1. The van der Waals surface area contributed by atoms with Crippen molar-refractivity contribution in [3.05, 3.63) is 22.4 Å². The first-order valence-electron chi connectivity index (χ1n) is 4.92. The van der Waals surface area contributed by atoms with E-state index in [-0.39, 0.29) is 5.97 Å². The third-order valence-corrected chi connectivity index (χ3v) is 3.25. The Balaban J connectivity index is 2.44. The molecule has 0 radical (unpaired) electrons. The van der Waals surface area contributed by atoms with E-state index in [1.807, 2.05) is 6.07 Å². The molecular weight excluding hydrogens is 274 g/mol. The number of aromatic nitrogens is 1. The molecule has 1 aliphatic carbocycles. The number of methoxy groups -OCH3 is 2. The summed E-state index contributed by atoms with van der Waals surface area (Å²) in [4.78, 5) is 16.0. The van der Waals surface area contributed by atoms with Gasteiger partial charge in [-0.3, -0.25) is 9.78 Å². The molecule has 0 saturated heterocycles. The minimum atomic E-state index is -0.583. The standard InChI is InChI=1S/C11H12BrNO3/c1-15-8-5-7(12)6-13-9(8)11(3-4-11)10(14)16-2/h5-6H,3-4H2,1-2H3. The van der Waals surface area contributed by atoms with E-state index >= 15 is 0 Å². The molecule has 0 aliphatic heterocycles. The van der Waals surface area contributed by atoms with Crippen LogP contribution >= 0.6 is 15.9 Å². The van der Waals surface area contributed by atoms with Crippen molar-refractivity contribution in [3.63, 3.8) is 0 Å². The van der Waals surface area contributed by atoms with Crippen LogP contribution in [0, 0.1) is 0 Å². The molecule has 86 valence electrons. The second-order valence-corrected chi connectivity index (χ2v) is 4.69. The van der Waals surface area contributed by atoms with Gasteiger partial charge in [0, 0.05) is 10.7 Å². The van der Waals surface area contributed by atoms with Crippen molar-refractivity contribution in [2.45, 2.75) is 18.3 Å². The molecule has 0 N–H and O–H groups in total. The van der Waals surface area contributed by atoms with Gasteiger partial charge in [-0.15, -0.1) is 0 Å². The molecule has 1 aromatic heterocycles. The highest BCUT2D eigenvalue weighted by atomic mass is 79.9. The zero-order valence-electron chi connectivity index (χ0n) is 9.12. The number of esters is 1. The van der Waals surface area contributed by atoms with Crippen LogP contribution < -0.4 is 4.74 Å². The highest BCUT2D eigenvalue weighted by Gasteiger charge is 2.55. The van der Waals surface area contributed by atoms with Crippen LogP contribution in [0.1, 0.15) is 18.5 Å². The number of hydrogen-bond donors (Lipinski definition) is 0. The number of rotatable bonds is 3. The van der Waals surface area contributed by atoms with Gasteiger partial charge in [-0.05, 0) is 34.8 Å². The number of carbonyl (C=O) groups excluding carboxylic acids is 1. The van der Waals surface area contributed by atoms with Gasteiger partial charge in [0.15, 0.2) is 0 Å². The first kappa shape index (κ1) is 11.4. The van der Waals surface area contributed by atoms with E-state index in [2.05, 4.69) is 20.9 Å². The molecule has 2 rings (SSSR count). The molecule has 0 amide bonds. The minimum absolute atomic E-state index is 0.236. The molecule has 1 fully saturated rings. The van der Waals surface area contributed by atoms with Crippen LogP contribution in [0.2, 0.25) is 0 Å². The fraction of sp³-hybridized carbons (Fsp3) is 0.455. The zero-order chi connectivity index (χ0) is 11.8. The number of halogens is 1. The van der Waals surface area contributed by atoms with Crippen molar-refractivity contribution in [2.24, 2.45) is 0 Å². The lowest BCUT2D eigenvalue weighted by atomic mass is 10.0. The Kier molecular flexibility index (Phi) is 2.88. The predicted octanol–water partition coefficient (Wildman–Crippen LogP) is 2.06. The van der Waals surface area contributed by atoms with Crippen LogP contribution in [0.4, 0.5) is 0 Å².